The summed E-state index contributed by atoms with van der Waals surface area (Å²) in [6.07, 6.45) is 1.84. The Hall–Kier alpha value is -0.420. The molecule has 0 fully saturated rings. The van der Waals surface area contributed by atoms with E-state index in [4.69, 9.17) is 4.74 Å². The molecule has 0 amide bonds. The van der Waals surface area contributed by atoms with Crippen molar-refractivity contribution in [3.05, 3.63) is 21.9 Å². The van der Waals surface area contributed by atoms with Crippen LogP contribution in [-0.4, -0.2) is 31.0 Å². The SMILES string of the molecule is Cc1cscc1CNCC(O)COCCCC(C)C. The summed E-state index contributed by atoms with van der Waals surface area (Å²) >= 11 is 1.72. The molecule has 0 aliphatic carbocycles. The second-order valence-electron chi connectivity index (χ2n) is 5.48. The first-order valence-electron chi connectivity index (χ1n) is 7.07. The maximum atomic E-state index is 9.77. The maximum Gasteiger partial charge on any atom is 0.0897 e. The largest absolute Gasteiger partial charge is 0.389 e. The Labute approximate surface area is 121 Å². The van der Waals surface area contributed by atoms with Crippen molar-refractivity contribution in [3.63, 3.8) is 0 Å². The summed E-state index contributed by atoms with van der Waals surface area (Å²) in [5, 5.41) is 17.3. The quantitative estimate of drug-likeness (QED) is 0.649. The Morgan fingerprint density at radius 3 is 2.79 bits per heavy atom. The van der Waals surface area contributed by atoms with Crippen molar-refractivity contribution in [1.29, 1.82) is 0 Å². The minimum absolute atomic E-state index is 0.419. The number of aryl methyl sites for hydroxylation is 1. The standard InChI is InChI=1S/C15H27NO2S/c1-12(2)5-4-6-18-9-15(17)8-16-7-14-11-19-10-13(14)3/h10-12,15-17H,4-9H2,1-3H3. The van der Waals surface area contributed by atoms with Gasteiger partial charge in [0.1, 0.15) is 0 Å². The molecule has 1 aromatic rings. The van der Waals surface area contributed by atoms with Gasteiger partial charge in [0.05, 0.1) is 12.7 Å². The molecule has 3 nitrogen and oxygen atoms in total. The van der Waals surface area contributed by atoms with Crippen LogP contribution < -0.4 is 5.32 Å². The molecule has 0 spiro atoms. The first kappa shape index (κ1) is 16.6. The summed E-state index contributed by atoms with van der Waals surface area (Å²) in [4.78, 5) is 0. The fourth-order valence-corrected chi connectivity index (χ4v) is 2.67. The lowest BCUT2D eigenvalue weighted by Gasteiger charge is -2.12. The number of rotatable bonds is 10. The zero-order chi connectivity index (χ0) is 14.1. The van der Waals surface area contributed by atoms with Crippen LogP contribution in [0.4, 0.5) is 0 Å². The summed E-state index contributed by atoms with van der Waals surface area (Å²) in [6.45, 7) is 9.12. The monoisotopic (exact) mass is 285 g/mol. The fraction of sp³-hybridized carbons (Fsp3) is 0.733. The Morgan fingerprint density at radius 1 is 1.37 bits per heavy atom. The highest BCUT2D eigenvalue weighted by Gasteiger charge is 2.05. The van der Waals surface area contributed by atoms with Crippen molar-refractivity contribution < 1.29 is 9.84 Å². The highest BCUT2D eigenvalue weighted by molar-refractivity contribution is 7.08. The summed E-state index contributed by atoms with van der Waals surface area (Å²) in [5.74, 6) is 0.726. The van der Waals surface area contributed by atoms with Crippen LogP contribution in [0.1, 0.15) is 37.8 Å². The van der Waals surface area contributed by atoms with Crippen LogP contribution in [0.2, 0.25) is 0 Å². The average molecular weight is 285 g/mol. The molecule has 1 rings (SSSR count). The number of aliphatic hydroxyl groups is 1. The molecule has 0 aromatic carbocycles. The molecule has 0 bridgehead atoms. The lowest BCUT2D eigenvalue weighted by molar-refractivity contribution is 0.0346. The van der Waals surface area contributed by atoms with Gasteiger partial charge in [-0.25, -0.2) is 0 Å². The number of thiophene rings is 1. The summed E-state index contributed by atoms with van der Waals surface area (Å²) in [5.41, 5.74) is 2.63. The number of ether oxygens (including phenoxy) is 1. The van der Waals surface area contributed by atoms with Gasteiger partial charge in [0.15, 0.2) is 0 Å². The maximum absolute atomic E-state index is 9.77. The van der Waals surface area contributed by atoms with Gasteiger partial charge in [0, 0.05) is 19.7 Å². The third-order valence-electron chi connectivity index (χ3n) is 3.04. The molecule has 0 aliphatic heterocycles. The van der Waals surface area contributed by atoms with Crippen molar-refractivity contribution in [2.24, 2.45) is 5.92 Å². The molecule has 4 heteroatoms. The number of hydrogen-bond acceptors (Lipinski definition) is 4. The smallest absolute Gasteiger partial charge is 0.0897 e. The fourth-order valence-electron chi connectivity index (χ4n) is 1.81. The van der Waals surface area contributed by atoms with Gasteiger partial charge < -0.3 is 15.2 Å². The summed E-state index contributed by atoms with van der Waals surface area (Å²) in [7, 11) is 0. The van der Waals surface area contributed by atoms with Crippen LogP contribution >= 0.6 is 11.3 Å². The van der Waals surface area contributed by atoms with Crippen molar-refractivity contribution in [2.75, 3.05) is 19.8 Å². The Bertz CT molecular complexity index is 339. The van der Waals surface area contributed by atoms with Crippen molar-refractivity contribution in [2.45, 2.75) is 46.3 Å². The summed E-state index contributed by atoms with van der Waals surface area (Å²) < 4.78 is 5.47. The van der Waals surface area contributed by atoms with E-state index in [0.29, 0.717) is 13.2 Å². The van der Waals surface area contributed by atoms with E-state index >= 15 is 0 Å². The molecule has 19 heavy (non-hydrogen) atoms. The predicted molar refractivity (Wildman–Crippen MR) is 81.7 cm³/mol. The van der Waals surface area contributed by atoms with Gasteiger partial charge in [-0.15, -0.1) is 0 Å². The van der Waals surface area contributed by atoms with Crippen molar-refractivity contribution >= 4 is 11.3 Å². The topological polar surface area (TPSA) is 41.5 Å². The normalized spacial score (nSPS) is 13.1. The zero-order valence-electron chi connectivity index (χ0n) is 12.3. The van der Waals surface area contributed by atoms with Gasteiger partial charge in [-0.1, -0.05) is 13.8 Å². The minimum Gasteiger partial charge on any atom is -0.389 e. The Morgan fingerprint density at radius 2 is 2.16 bits per heavy atom. The van der Waals surface area contributed by atoms with Gasteiger partial charge in [-0.3, -0.25) is 0 Å². The molecule has 110 valence electrons. The van der Waals surface area contributed by atoms with Crippen LogP contribution in [0.3, 0.4) is 0 Å². The van der Waals surface area contributed by atoms with Crippen LogP contribution in [0.15, 0.2) is 10.8 Å². The third kappa shape index (κ3) is 7.67. The molecule has 0 aliphatic rings. The molecular weight excluding hydrogens is 258 g/mol. The van der Waals surface area contributed by atoms with E-state index in [1.165, 1.54) is 17.5 Å². The van der Waals surface area contributed by atoms with E-state index in [1.807, 2.05) is 0 Å². The van der Waals surface area contributed by atoms with Gasteiger partial charge in [0.25, 0.3) is 0 Å². The van der Waals surface area contributed by atoms with Crippen LogP contribution in [0, 0.1) is 12.8 Å². The van der Waals surface area contributed by atoms with E-state index in [2.05, 4.69) is 36.8 Å². The first-order chi connectivity index (χ1) is 9.09. The van der Waals surface area contributed by atoms with Crippen molar-refractivity contribution in [1.82, 2.24) is 5.32 Å². The van der Waals surface area contributed by atoms with E-state index < -0.39 is 6.10 Å². The molecule has 1 heterocycles. The molecule has 1 atom stereocenters. The van der Waals surface area contributed by atoms with Crippen molar-refractivity contribution in [3.8, 4) is 0 Å². The molecule has 0 saturated heterocycles. The second kappa shape index (κ2) is 9.48. The van der Waals surface area contributed by atoms with E-state index in [1.54, 1.807) is 11.3 Å². The third-order valence-corrected chi connectivity index (χ3v) is 3.95. The molecule has 1 aromatic heterocycles. The first-order valence-corrected chi connectivity index (χ1v) is 8.02. The van der Waals surface area contributed by atoms with Gasteiger partial charge in [-0.2, -0.15) is 11.3 Å². The van der Waals surface area contributed by atoms with Crippen LogP contribution in [-0.2, 0) is 11.3 Å². The number of aliphatic hydroxyl groups excluding tert-OH is 1. The predicted octanol–water partition coefficient (Wildman–Crippen LogP) is 2.96. The summed E-state index contributed by atoms with van der Waals surface area (Å²) in [6, 6.07) is 0. The van der Waals surface area contributed by atoms with E-state index in [9.17, 15) is 5.11 Å². The Kier molecular flexibility index (Phi) is 8.30. The zero-order valence-corrected chi connectivity index (χ0v) is 13.1. The molecule has 0 radical (unpaired) electrons. The van der Waals surface area contributed by atoms with E-state index in [0.717, 1.165) is 25.5 Å². The van der Waals surface area contributed by atoms with Crippen LogP contribution in [0.25, 0.3) is 0 Å². The molecule has 0 saturated carbocycles. The Balaban J connectivity index is 1.99. The molecule has 1 unspecified atom stereocenters. The lowest BCUT2D eigenvalue weighted by Crippen LogP contribution is -2.30. The second-order valence-corrected chi connectivity index (χ2v) is 6.22. The van der Waals surface area contributed by atoms with Gasteiger partial charge in [0.2, 0.25) is 0 Å². The number of hydrogen-bond donors (Lipinski definition) is 2. The number of nitrogens with one attached hydrogen (secondary N) is 1. The van der Waals surface area contributed by atoms with Crippen LogP contribution in [0.5, 0.6) is 0 Å². The lowest BCUT2D eigenvalue weighted by atomic mass is 10.1. The average Bonchev–Trinajstić information content (AvgIpc) is 2.74. The van der Waals surface area contributed by atoms with E-state index in [-0.39, 0.29) is 0 Å². The van der Waals surface area contributed by atoms with Gasteiger partial charge in [-0.05, 0) is 47.6 Å². The highest BCUT2D eigenvalue weighted by Crippen LogP contribution is 2.12. The highest BCUT2D eigenvalue weighted by atomic mass is 32.1. The van der Waals surface area contributed by atoms with Gasteiger partial charge >= 0.3 is 0 Å². The molecular formula is C15H27NO2S. The minimum atomic E-state index is -0.419. The molecule has 2 N–H and O–H groups in total.